The molecule has 0 unspecified atom stereocenters. The van der Waals surface area contributed by atoms with Gasteiger partial charge in [0.1, 0.15) is 0 Å². The molecule has 0 spiro atoms. The lowest BCUT2D eigenvalue weighted by molar-refractivity contribution is -0.113. The molecule has 1 atom stereocenters. The highest BCUT2D eigenvalue weighted by Crippen LogP contribution is 2.18. The highest BCUT2D eigenvalue weighted by molar-refractivity contribution is 7.99. The first-order chi connectivity index (χ1) is 16.0. The fourth-order valence-electron chi connectivity index (χ4n) is 3.23. The lowest BCUT2D eigenvalue weighted by Crippen LogP contribution is -2.26. The van der Waals surface area contributed by atoms with E-state index in [-0.39, 0.29) is 23.6 Å². The topological polar surface area (TPSA) is 93.8 Å². The Morgan fingerprint density at radius 3 is 2.42 bits per heavy atom. The number of thioether (sulfide) groups is 1. The van der Waals surface area contributed by atoms with Gasteiger partial charge in [-0.05, 0) is 48.9 Å². The summed E-state index contributed by atoms with van der Waals surface area (Å²) >= 11 is 1.37. The van der Waals surface area contributed by atoms with Crippen molar-refractivity contribution in [1.29, 1.82) is 0 Å². The van der Waals surface area contributed by atoms with E-state index in [1.807, 2.05) is 59.8 Å². The van der Waals surface area contributed by atoms with Crippen LogP contribution in [0.4, 0.5) is 5.69 Å². The van der Waals surface area contributed by atoms with Crippen molar-refractivity contribution in [3.8, 4) is 5.69 Å². The van der Waals surface area contributed by atoms with Gasteiger partial charge >= 0.3 is 0 Å². The molecule has 0 radical (unpaired) electrons. The zero-order chi connectivity index (χ0) is 23.2. The van der Waals surface area contributed by atoms with Gasteiger partial charge in [0.25, 0.3) is 5.91 Å². The maximum Gasteiger partial charge on any atom is 0.251 e. The number of hydrogen-bond acceptors (Lipinski definition) is 5. The smallest absolute Gasteiger partial charge is 0.251 e. The zero-order valence-electron chi connectivity index (χ0n) is 18.3. The number of imidazole rings is 2. The number of nitrogens with zero attached hydrogens (tertiary/aromatic N) is 4. The van der Waals surface area contributed by atoms with Gasteiger partial charge in [-0.15, -0.1) is 0 Å². The van der Waals surface area contributed by atoms with Crippen LogP contribution in [-0.4, -0.2) is 36.7 Å². The van der Waals surface area contributed by atoms with Gasteiger partial charge in [0.15, 0.2) is 5.16 Å². The van der Waals surface area contributed by atoms with E-state index in [0.717, 1.165) is 16.4 Å². The second kappa shape index (κ2) is 10.2. The molecule has 0 fully saturated rings. The highest BCUT2D eigenvalue weighted by atomic mass is 32.2. The van der Waals surface area contributed by atoms with Crippen LogP contribution in [0.25, 0.3) is 5.69 Å². The summed E-state index contributed by atoms with van der Waals surface area (Å²) in [4.78, 5) is 33.1. The van der Waals surface area contributed by atoms with Crippen molar-refractivity contribution in [2.45, 2.75) is 18.1 Å². The van der Waals surface area contributed by atoms with E-state index in [0.29, 0.717) is 11.3 Å². The summed E-state index contributed by atoms with van der Waals surface area (Å²) in [7, 11) is 1.88. The Morgan fingerprint density at radius 1 is 1.03 bits per heavy atom. The molecule has 0 saturated carbocycles. The van der Waals surface area contributed by atoms with Crippen LogP contribution in [-0.2, 0) is 11.8 Å². The molecule has 33 heavy (non-hydrogen) atoms. The fraction of sp³-hybridized carbons (Fsp3) is 0.167. The molecule has 2 N–H and O–H groups in total. The zero-order valence-corrected chi connectivity index (χ0v) is 19.1. The molecule has 2 aromatic carbocycles. The van der Waals surface area contributed by atoms with Gasteiger partial charge in [-0.1, -0.05) is 23.9 Å². The minimum Gasteiger partial charge on any atom is -0.346 e. The predicted molar refractivity (Wildman–Crippen MR) is 128 cm³/mol. The monoisotopic (exact) mass is 460 g/mol. The summed E-state index contributed by atoms with van der Waals surface area (Å²) in [6.45, 7) is 1.94. The Labute approximate surface area is 196 Å². The number of benzene rings is 2. The minimum absolute atomic E-state index is 0.132. The Hall–Kier alpha value is -3.85. The number of carbonyl (C=O) groups excluding carboxylic acids is 2. The summed E-state index contributed by atoms with van der Waals surface area (Å²) in [5, 5.41) is 6.63. The van der Waals surface area contributed by atoms with Crippen molar-refractivity contribution < 1.29 is 9.59 Å². The molecule has 2 heterocycles. The third-order valence-corrected chi connectivity index (χ3v) is 6.14. The van der Waals surface area contributed by atoms with Crippen LogP contribution in [0, 0.1) is 0 Å². The Kier molecular flexibility index (Phi) is 6.89. The van der Waals surface area contributed by atoms with E-state index in [2.05, 4.69) is 20.6 Å². The lowest BCUT2D eigenvalue weighted by Gasteiger charge is -2.15. The van der Waals surface area contributed by atoms with Crippen LogP contribution in [0.2, 0.25) is 0 Å². The van der Waals surface area contributed by atoms with Crippen molar-refractivity contribution in [2.24, 2.45) is 7.05 Å². The first-order valence-electron chi connectivity index (χ1n) is 10.4. The van der Waals surface area contributed by atoms with Crippen LogP contribution in [0.5, 0.6) is 0 Å². The number of aryl methyl sites for hydroxylation is 1. The summed E-state index contributed by atoms with van der Waals surface area (Å²) in [6, 6.07) is 14.6. The van der Waals surface area contributed by atoms with E-state index >= 15 is 0 Å². The number of aromatic nitrogens is 4. The molecule has 0 saturated heterocycles. The van der Waals surface area contributed by atoms with Gasteiger partial charge in [-0.25, -0.2) is 9.97 Å². The average molecular weight is 461 g/mol. The molecule has 0 aliphatic carbocycles. The highest BCUT2D eigenvalue weighted by Gasteiger charge is 2.12. The molecule has 0 bridgehead atoms. The molecule has 168 valence electrons. The van der Waals surface area contributed by atoms with Gasteiger partial charge in [0, 0.05) is 48.8 Å². The number of amides is 2. The van der Waals surface area contributed by atoms with E-state index in [9.17, 15) is 9.59 Å². The predicted octanol–water partition coefficient (Wildman–Crippen LogP) is 3.83. The van der Waals surface area contributed by atoms with Gasteiger partial charge in [0.2, 0.25) is 5.91 Å². The van der Waals surface area contributed by atoms with Crippen molar-refractivity contribution in [3.63, 3.8) is 0 Å². The number of nitrogens with one attached hydrogen (secondary N) is 2. The molecule has 2 amide bonds. The molecular weight excluding hydrogens is 436 g/mol. The van der Waals surface area contributed by atoms with Gasteiger partial charge < -0.3 is 19.8 Å². The molecule has 9 heteroatoms. The first kappa shape index (κ1) is 22.3. The van der Waals surface area contributed by atoms with Gasteiger partial charge in [-0.3, -0.25) is 9.59 Å². The van der Waals surface area contributed by atoms with Crippen molar-refractivity contribution in [3.05, 3.63) is 90.8 Å². The minimum atomic E-state index is -0.176. The molecule has 8 nitrogen and oxygen atoms in total. The molecule has 4 aromatic rings. The number of rotatable bonds is 8. The van der Waals surface area contributed by atoms with Crippen LogP contribution >= 0.6 is 11.8 Å². The molecule has 0 aliphatic heterocycles. The van der Waals surface area contributed by atoms with E-state index in [1.165, 1.54) is 11.8 Å². The molecular formula is C24H24N6O2S. The Morgan fingerprint density at radius 2 is 1.79 bits per heavy atom. The van der Waals surface area contributed by atoms with Crippen molar-refractivity contribution in [1.82, 2.24) is 24.4 Å². The number of carbonyl (C=O) groups is 2. The number of anilines is 1. The van der Waals surface area contributed by atoms with Gasteiger partial charge in [-0.2, -0.15) is 0 Å². The van der Waals surface area contributed by atoms with E-state index in [1.54, 1.807) is 43.0 Å². The second-order valence-electron chi connectivity index (χ2n) is 7.49. The molecule has 2 aromatic heterocycles. The molecule has 0 aliphatic rings. The van der Waals surface area contributed by atoms with Crippen LogP contribution in [0.3, 0.4) is 0 Å². The quantitative estimate of drug-likeness (QED) is 0.390. The summed E-state index contributed by atoms with van der Waals surface area (Å²) in [5.74, 6) is -0.0538. The van der Waals surface area contributed by atoms with E-state index < -0.39 is 0 Å². The standard InChI is InChI=1S/C24H24N6O2S/c1-17(18-5-9-21(10-6-18)30-14-11-25-16-30)27-23(32)19-3-7-20(8-4-19)28-22(31)15-33-24-26-12-13-29(24)2/h3-14,16-17H,15H2,1-2H3,(H,27,32)(H,28,31)/t17-/m0/s1. The second-order valence-corrected chi connectivity index (χ2v) is 8.43. The first-order valence-corrected chi connectivity index (χ1v) is 11.4. The maximum atomic E-state index is 12.7. The Bertz CT molecular complexity index is 1220. The summed E-state index contributed by atoms with van der Waals surface area (Å²) in [6.07, 6.45) is 8.88. The van der Waals surface area contributed by atoms with Crippen molar-refractivity contribution >= 4 is 29.3 Å². The maximum absolute atomic E-state index is 12.7. The third kappa shape index (κ3) is 5.69. The van der Waals surface area contributed by atoms with Crippen molar-refractivity contribution in [2.75, 3.05) is 11.1 Å². The third-order valence-electron chi connectivity index (χ3n) is 5.08. The summed E-state index contributed by atoms with van der Waals surface area (Å²) < 4.78 is 3.78. The van der Waals surface area contributed by atoms with Crippen LogP contribution in [0.1, 0.15) is 28.9 Å². The van der Waals surface area contributed by atoms with Crippen LogP contribution < -0.4 is 10.6 Å². The average Bonchev–Trinajstić information content (AvgIpc) is 3.50. The Balaban J connectivity index is 1.29. The number of hydrogen-bond donors (Lipinski definition) is 2. The normalized spacial score (nSPS) is 11.7. The lowest BCUT2D eigenvalue weighted by atomic mass is 10.1. The van der Waals surface area contributed by atoms with Crippen LogP contribution in [0.15, 0.2) is 84.8 Å². The largest absolute Gasteiger partial charge is 0.346 e. The molecule has 4 rings (SSSR count). The van der Waals surface area contributed by atoms with E-state index in [4.69, 9.17) is 0 Å². The fourth-order valence-corrected chi connectivity index (χ4v) is 3.97. The van der Waals surface area contributed by atoms with Gasteiger partial charge in [0.05, 0.1) is 18.1 Å². The SMILES string of the molecule is C[C@H](NC(=O)c1ccc(NC(=O)CSc2nccn2C)cc1)c1ccc(-n2ccnc2)cc1. The summed E-state index contributed by atoms with van der Waals surface area (Å²) in [5.41, 5.74) is 3.17.